The summed E-state index contributed by atoms with van der Waals surface area (Å²) >= 11 is 5.60. The molecule has 1 aromatic rings. The Balaban J connectivity index is 2.61. The zero-order chi connectivity index (χ0) is 10.3. The molecule has 1 aliphatic rings. The van der Waals surface area contributed by atoms with Crippen LogP contribution in [0.3, 0.4) is 0 Å². The predicted molar refractivity (Wildman–Crippen MR) is 49.9 cm³/mol. The molecule has 5 nitrogen and oxygen atoms in total. The van der Waals surface area contributed by atoms with Crippen LogP contribution in [0, 0.1) is 0 Å². The summed E-state index contributed by atoms with van der Waals surface area (Å²) in [6, 6.07) is 0. The Morgan fingerprint density at radius 3 is 2.71 bits per heavy atom. The first-order valence-electron chi connectivity index (χ1n) is 3.81. The summed E-state index contributed by atoms with van der Waals surface area (Å²) in [4.78, 5) is 7.65. The van der Waals surface area contributed by atoms with E-state index < -0.39 is 9.84 Å². The maximum Gasteiger partial charge on any atom is 0.225 e. The van der Waals surface area contributed by atoms with Gasteiger partial charge in [-0.2, -0.15) is 4.98 Å². The SMILES string of the molecule is COc1nc(Cl)nc2c1CS(=O)(=O)C2. The van der Waals surface area contributed by atoms with Gasteiger partial charge in [0, 0.05) is 0 Å². The minimum atomic E-state index is -3.10. The fourth-order valence-electron chi connectivity index (χ4n) is 1.39. The molecule has 2 heterocycles. The zero-order valence-electron chi connectivity index (χ0n) is 7.32. The first-order chi connectivity index (χ1) is 6.52. The Hall–Kier alpha value is -0.880. The summed E-state index contributed by atoms with van der Waals surface area (Å²) in [5, 5.41) is 0.0118. The third-order valence-electron chi connectivity index (χ3n) is 1.94. The molecule has 76 valence electrons. The predicted octanol–water partition coefficient (Wildman–Crippen LogP) is 0.567. The van der Waals surface area contributed by atoms with Crippen molar-refractivity contribution in [1.29, 1.82) is 0 Å². The molecule has 1 aliphatic heterocycles. The van der Waals surface area contributed by atoms with Crippen molar-refractivity contribution >= 4 is 21.4 Å². The molecule has 0 radical (unpaired) electrons. The van der Waals surface area contributed by atoms with Crippen molar-refractivity contribution in [3.8, 4) is 5.88 Å². The number of halogens is 1. The van der Waals surface area contributed by atoms with E-state index in [0.717, 1.165) is 0 Å². The van der Waals surface area contributed by atoms with E-state index in [1.165, 1.54) is 7.11 Å². The molecule has 0 saturated carbocycles. The summed E-state index contributed by atoms with van der Waals surface area (Å²) in [6.07, 6.45) is 0. The molecule has 0 unspecified atom stereocenters. The molecular formula is C7H7ClN2O3S. The molecule has 0 atom stereocenters. The van der Waals surface area contributed by atoms with E-state index >= 15 is 0 Å². The number of hydrogen-bond acceptors (Lipinski definition) is 5. The molecule has 0 aliphatic carbocycles. The molecule has 14 heavy (non-hydrogen) atoms. The van der Waals surface area contributed by atoms with Crippen molar-refractivity contribution in [3.63, 3.8) is 0 Å². The normalized spacial score (nSPS) is 17.9. The third kappa shape index (κ3) is 1.55. The lowest BCUT2D eigenvalue weighted by molar-refractivity contribution is 0.392. The number of ether oxygens (including phenoxy) is 1. The topological polar surface area (TPSA) is 69.2 Å². The highest BCUT2D eigenvalue weighted by Gasteiger charge is 2.30. The molecule has 2 rings (SSSR count). The molecule has 0 N–H and O–H groups in total. The van der Waals surface area contributed by atoms with E-state index in [4.69, 9.17) is 16.3 Å². The molecule has 0 bridgehead atoms. The van der Waals surface area contributed by atoms with E-state index in [2.05, 4.69) is 9.97 Å². The van der Waals surface area contributed by atoms with Crippen LogP contribution in [0.25, 0.3) is 0 Å². The number of sulfone groups is 1. The van der Waals surface area contributed by atoms with Gasteiger partial charge in [0.1, 0.15) is 0 Å². The fourth-order valence-corrected chi connectivity index (χ4v) is 3.06. The van der Waals surface area contributed by atoms with Crippen molar-refractivity contribution < 1.29 is 13.2 Å². The van der Waals surface area contributed by atoms with Crippen molar-refractivity contribution in [2.75, 3.05) is 7.11 Å². The van der Waals surface area contributed by atoms with Gasteiger partial charge < -0.3 is 4.74 Å². The Morgan fingerprint density at radius 2 is 2.07 bits per heavy atom. The zero-order valence-corrected chi connectivity index (χ0v) is 8.89. The molecule has 0 spiro atoms. The Labute approximate surface area is 86.0 Å². The lowest BCUT2D eigenvalue weighted by Gasteiger charge is -2.03. The molecule has 0 amide bonds. The minimum absolute atomic E-state index is 0.0118. The summed E-state index contributed by atoms with van der Waals surface area (Å²) < 4.78 is 27.5. The van der Waals surface area contributed by atoms with Crippen LogP contribution in [0.4, 0.5) is 0 Å². The van der Waals surface area contributed by atoms with Gasteiger partial charge in [0.2, 0.25) is 11.2 Å². The molecular weight excluding hydrogens is 228 g/mol. The number of rotatable bonds is 1. The Kier molecular flexibility index (Phi) is 2.11. The van der Waals surface area contributed by atoms with Crippen LogP contribution in [0.15, 0.2) is 0 Å². The summed E-state index contributed by atoms with van der Waals surface area (Å²) in [6.45, 7) is 0. The molecule has 0 saturated heterocycles. The van der Waals surface area contributed by atoms with Crippen LogP contribution in [-0.2, 0) is 21.3 Å². The summed E-state index contributed by atoms with van der Waals surface area (Å²) in [5.74, 6) is 0.102. The smallest absolute Gasteiger partial charge is 0.225 e. The van der Waals surface area contributed by atoms with Gasteiger partial charge in [-0.1, -0.05) is 0 Å². The first-order valence-corrected chi connectivity index (χ1v) is 6.01. The van der Waals surface area contributed by atoms with E-state index in [-0.39, 0.29) is 22.7 Å². The number of aromatic nitrogens is 2. The minimum Gasteiger partial charge on any atom is -0.481 e. The molecule has 0 aromatic carbocycles. The highest BCUT2D eigenvalue weighted by atomic mass is 35.5. The summed E-state index contributed by atoms with van der Waals surface area (Å²) in [5.41, 5.74) is 0.971. The van der Waals surface area contributed by atoms with Crippen LogP contribution in [0.2, 0.25) is 5.28 Å². The van der Waals surface area contributed by atoms with Gasteiger partial charge >= 0.3 is 0 Å². The standard InChI is InChI=1S/C7H7ClN2O3S/c1-13-6-4-2-14(11,12)3-5(4)9-7(8)10-6/h2-3H2,1H3. The van der Waals surface area contributed by atoms with Gasteiger partial charge in [0.05, 0.1) is 29.9 Å². The third-order valence-corrected chi connectivity index (χ3v) is 3.55. The Morgan fingerprint density at radius 1 is 1.36 bits per heavy atom. The van der Waals surface area contributed by atoms with Gasteiger partial charge in [-0.25, -0.2) is 13.4 Å². The maximum absolute atomic E-state index is 11.3. The van der Waals surface area contributed by atoms with Gasteiger partial charge in [0.25, 0.3) is 0 Å². The van der Waals surface area contributed by atoms with E-state index in [1.54, 1.807) is 0 Å². The quantitative estimate of drug-likeness (QED) is 0.665. The van der Waals surface area contributed by atoms with Crippen molar-refractivity contribution in [3.05, 3.63) is 16.5 Å². The first kappa shape index (κ1) is 9.67. The maximum atomic E-state index is 11.3. The van der Waals surface area contributed by atoms with Crippen molar-refractivity contribution in [2.45, 2.75) is 11.5 Å². The highest BCUT2D eigenvalue weighted by molar-refractivity contribution is 7.90. The van der Waals surface area contributed by atoms with Gasteiger partial charge in [-0.15, -0.1) is 0 Å². The second kappa shape index (κ2) is 3.06. The second-order valence-corrected chi connectivity index (χ2v) is 5.36. The van der Waals surface area contributed by atoms with E-state index in [9.17, 15) is 8.42 Å². The second-order valence-electron chi connectivity index (χ2n) is 2.96. The fraction of sp³-hybridized carbons (Fsp3) is 0.429. The van der Waals surface area contributed by atoms with Gasteiger partial charge in [-0.3, -0.25) is 0 Å². The van der Waals surface area contributed by atoms with E-state index in [1.807, 2.05) is 0 Å². The monoisotopic (exact) mass is 234 g/mol. The van der Waals surface area contributed by atoms with Crippen molar-refractivity contribution in [1.82, 2.24) is 9.97 Å². The largest absolute Gasteiger partial charge is 0.481 e. The summed E-state index contributed by atoms with van der Waals surface area (Å²) in [7, 11) is -1.68. The van der Waals surface area contributed by atoms with Crippen LogP contribution in [0.1, 0.15) is 11.3 Å². The number of methoxy groups -OCH3 is 1. The average Bonchev–Trinajstić information content (AvgIpc) is 2.37. The lowest BCUT2D eigenvalue weighted by atomic mass is 10.3. The van der Waals surface area contributed by atoms with Gasteiger partial charge in [-0.05, 0) is 11.6 Å². The van der Waals surface area contributed by atoms with Crippen LogP contribution >= 0.6 is 11.6 Å². The molecule has 7 heteroatoms. The van der Waals surface area contributed by atoms with E-state index in [0.29, 0.717) is 11.3 Å². The van der Waals surface area contributed by atoms with Crippen molar-refractivity contribution in [2.24, 2.45) is 0 Å². The number of fused-ring (bicyclic) bond motifs is 1. The average molecular weight is 235 g/mol. The number of hydrogen-bond donors (Lipinski definition) is 0. The van der Waals surface area contributed by atoms with Crippen LogP contribution in [0.5, 0.6) is 5.88 Å². The van der Waals surface area contributed by atoms with Gasteiger partial charge in [0.15, 0.2) is 9.84 Å². The lowest BCUT2D eigenvalue weighted by Crippen LogP contribution is -1.98. The molecule has 1 aromatic heterocycles. The highest BCUT2D eigenvalue weighted by Crippen LogP contribution is 2.30. The number of nitrogens with zero attached hydrogens (tertiary/aromatic N) is 2. The van der Waals surface area contributed by atoms with Crippen LogP contribution < -0.4 is 4.74 Å². The molecule has 0 fully saturated rings. The Bertz CT molecular complexity index is 486. The van der Waals surface area contributed by atoms with Crippen LogP contribution in [-0.4, -0.2) is 25.5 Å².